The van der Waals surface area contributed by atoms with E-state index in [9.17, 15) is 0 Å². The molecule has 0 radical (unpaired) electrons. The van der Waals surface area contributed by atoms with Crippen molar-refractivity contribution < 1.29 is 0 Å². The molecule has 5 aromatic heterocycles. The predicted molar refractivity (Wildman–Crippen MR) is 118 cm³/mol. The summed E-state index contributed by atoms with van der Waals surface area (Å²) in [7, 11) is 0. The summed E-state index contributed by atoms with van der Waals surface area (Å²) in [4.78, 5) is 20.6. The molecule has 3 N–H and O–H groups in total. The van der Waals surface area contributed by atoms with Crippen molar-refractivity contribution in [3.63, 3.8) is 0 Å². The number of nitrogens with zero attached hydrogens (tertiary/aromatic N) is 5. The highest BCUT2D eigenvalue weighted by atomic mass is 15.3. The average molecular weight is 410 g/mol. The normalized spacial score (nSPS) is 23.2. The van der Waals surface area contributed by atoms with Crippen molar-refractivity contribution >= 4 is 16.7 Å². The van der Waals surface area contributed by atoms with Gasteiger partial charge in [-0.25, -0.2) is 9.97 Å². The van der Waals surface area contributed by atoms with Gasteiger partial charge in [0.05, 0.1) is 11.9 Å². The van der Waals surface area contributed by atoms with E-state index in [2.05, 4.69) is 42.5 Å². The molecule has 2 fully saturated rings. The zero-order valence-electron chi connectivity index (χ0n) is 16.9. The van der Waals surface area contributed by atoms with Crippen LogP contribution >= 0.6 is 0 Å². The molecule has 5 aromatic rings. The van der Waals surface area contributed by atoms with E-state index in [1.165, 1.54) is 23.9 Å². The number of hydrogen-bond acceptors (Lipinski definition) is 5. The van der Waals surface area contributed by atoms with Crippen LogP contribution in [-0.4, -0.2) is 46.6 Å². The van der Waals surface area contributed by atoms with E-state index in [0.717, 1.165) is 46.8 Å². The molecule has 7 rings (SSSR count). The van der Waals surface area contributed by atoms with Crippen molar-refractivity contribution in [1.29, 1.82) is 0 Å². The first-order valence-electron chi connectivity index (χ1n) is 10.9. The monoisotopic (exact) mass is 410 g/mol. The SMILES string of the molecule is c1c[nH]c(-c2ccc(-c3cnn4c3nc(C3CC5CCC(C3)N5)c3cc[nH]c34)cn2)n1. The van der Waals surface area contributed by atoms with E-state index >= 15 is 0 Å². The summed E-state index contributed by atoms with van der Waals surface area (Å²) in [6.07, 6.45) is 14.2. The quantitative estimate of drug-likeness (QED) is 0.422. The van der Waals surface area contributed by atoms with Gasteiger partial charge < -0.3 is 15.3 Å². The van der Waals surface area contributed by atoms with Crippen molar-refractivity contribution in [3.8, 4) is 22.6 Å². The molecule has 2 unspecified atom stereocenters. The fourth-order valence-electron chi connectivity index (χ4n) is 5.42. The second-order valence-electron chi connectivity index (χ2n) is 8.71. The van der Waals surface area contributed by atoms with Crippen LogP contribution in [0.4, 0.5) is 0 Å². The summed E-state index contributed by atoms with van der Waals surface area (Å²) in [5.41, 5.74) is 5.90. The Labute approximate surface area is 178 Å². The maximum atomic E-state index is 5.21. The zero-order valence-corrected chi connectivity index (χ0v) is 16.9. The number of fused-ring (bicyclic) bond motifs is 5. The number of H-pyrrole nitrogens is 2. The number of aromatic nitrogens is 7. The van der Waals surface area contributed by atoms with Gasteiger partial charge >= 0.3 is 0 Å². The maximum Gasteiger partial charge on any atom is 0.165 e. The molecule has 2 saturated heterocycles. The van der Waals surface area contributed by atoms with E-state index in [0.29, 0.717) is 18.0 Å². The Morgan fingerprint density at radius 3 is 2.61 bits per heavy atom. The van der Waals surface area contributed by atoms with Gasteiger partial charge in [0.15, 0.2) is 11.5 Å². The molecule has 0 amide bonds. The number of imidazole rings is 1. The smallest absolute Gasteiger partial charge is 0.165 e. The van der Waals surface area contributed by atoms with Crippen molar-refractivity contribution in [2.24, 2.45) is 0 Å². The highest BCUT2D eigenvalue weighted by Gasteiger charge is 2.35. The van der Waals surface area contributed by atoms with Crippen LogP contribution in [-0.2, 0) is 0 Å². The molecule has 8 heteroatoms. The van der Waals surface area contributed by atoms with Gasteiger partial charge in [0, 0.05) is 59.3 Å². The molecule has 0 saturated carbocycles. The Bertz CT molecular complexity index is 1370. The largest absolute Gasteiger partial charge is 0.346 e. The number of hydrogen-bond donors (Lipinski definition) is 3. The fraction of sp³-hybridized carbons (Fsp3) is 0.304. The number of piperidine rings is 1. The van der Waals surface area contributed by atoms with Gasteiger partial charge in [0.1, 0.15) is 11.3 Å². The molecular weight excluding hydrogens is 388 g/mol. The molecular formula is C23H22N8. The number of pyridine rings is 1. The minimum absolute atomic E-state index is 0.476. The Kier molecular flexibility index (Phi) is 3.60. The minimum atomic E-state index is 0.476. The lowest BCUT2D eigenvalue weighted by molar-refractivity contribution is 0.360. The van der Waals surface area contributed by atoms with Crippen LogP contribution in [0.5, 0.6) is 0 Å². The van der Waals surface area contributed by atoms with Crippen LogP contribution in [0.1, 0.15) is 37.3 Å². The second kappa shape index (κ2) is 6.49. The molecule has 2 atom stereocenters. The van der Waals surface area contributed by atoms with E-state index in [1.54, 1.807) is 12.4 Å². The predicted octanol–water partition coefficient (Wildman–Crippen LogP) is 3.66. The van der Waals surface area contributed by atoms with Crippen LogP contribution in [0.15, 0.2) is 49.2 Å². The summed E-state index contributed by atoms with van der Waals surface area (Å²) in [6, 6.07) is 7.43. The van der Waals surface area contributed by atoms with Crippen molar-refractivity contribution in [1.82, 2.24) is 39.9 Å². The summed E-state index contributed by atoms with van der Waals surface area (Å²) < 4.78 is 1.92. The fourth-order valence-corrected chi connectivity index (χ4v) is 5.42. The van der Waals surface area contributed by atoms with Gasteiger partial charge in [-0.2, -0.15) is 9.61 Å². The van der Waals surface area contributed by atoms with Crippen LogP contribution in [0, 0.1) is 0 Å². The molecule has 0 aliphatic carbocycles. The van der Waals surface area contributed by atoms with E-state index in [4.69, 9.17) is 4.98 Å². The lowest BCUT2D eigenvalue weighted by atomic mass is 9.88. The van der Waals surface area contributed by atoms with E-state index in [-0.39, 0.29) is 0 Å². The Hall–Kier alpha value is -3.52. The third-order valence-corrected chi connectivity index (χ3v) is 6.86. The van der Waals surface area contributed by atoms with Gasteiger partial charge in [0.25, 0.3) is 0 Å². The maximum absolute atomic E-state index is 5.21. The molecule has 0 spiro atoms. The first kappa shape index (κ1) is 17.2. The van der Waals surface area contributed by atoms with E-state index < -0.39 is 0 Å². The third kappa shape index (κ3) is 2.64. The van der Waals surface area contributed by atoms with Gasteiger partial charge in [0.2, 0.25) is 0 Å². The number of aromatic amines is 2. The summed E-state index contributed by atoms with van der Waals surface area (Å²) in [6.45, 7) is 0. The highest BCUT2D eigenvalue weighted by Crippen LogP contribution is 2.39. The van der Waals surface area contributed by atoms with Crippen molar-refractivity contribution in [3.05, 3.63) is 54.9 Å². The molecule has 2 aliphatic heterocycles. The van der Waals surface area contributed by atoms with Crippen LogP contribution in [0.2, 0.25) is 0 Å². The standard InChI is InChI=1S/C23H22N8/c1-4-19(21-24-7-8-25-21)27-11-13(1)18-12-28-31-22-17(5-6-26-22)20(30-23(18)31)14-9-15-2-3-16(10-14)29-15/h1,4-8,11-12,14-16,26,29H,2-3,9-10H2,(H,24,25). The van der Waals surface area contributed by atoms with Gasteiger partial charge in [-0.05, 0) is 37.8 Å². The van der Waals surface area contributed by atoms with Crippen LogP contribution in [0.3, 0.4) is 0 Å². The average Bonchev–Trinajstić information content (AvgIpc) is 3.59. The first-order chi connectivity index (χ1) is 15.3. The zero-order chi connectivity index (χ0) is 20.4. The summed E-state index contributed by atoms with van der Waals surface area (Å²) in [5.74, 6) is 1.24. The minimum Gasteiger partial charge on any atom is -0.346 e. The number of rotatable bonds is 3. The van der Waals surface area contributed by atoms with Crippen molar-refractivity contribution in [2.75, 3.05) is 0 Å². The number of nitrogens with one attached hydrogen (secondary N) is 3. The topological polar surface area (TPSA) is 99.6 Å². The highest BCUT2D eigenvalue weighted by molar-refractivity contribution is 5.86. The van der Waals surface area contributed by atoms with Gasteiger partial charge in [-0.1, -0.05) is 6.07 Å². The Morgan fingerprint density at radius 2 is 1.84 bits per heavy atom. The van der Waals surface area contributed by atoms with E-state index in [1.807, 2.05) is 29.2 Å². The van der Waals surface area contributed by atoms with Gasteiger partial charge in [-0.3, -0.25) is 4.98 Å². The molecule has 8 nitrogen and oxygen atoms in total. The molecule has 154 valence electrons. The van der Waals surface area contributed by atoms with Gasteiger partial charge in [-0.15, -0.1) is 0 Å². The molecule has 2 aliphatic rings. The Morgan fingerprint density at radius 1 is 0.935 bits per heavy atom. The lowest BCUT2D eigenvalue weighted by Gasteiger charge is -2.29. The summed E-state index contributed by atoms with van der Waals surface area (Å²) in [5, 5.41) is 9.59. The third-order valence-electron chi connectivity index (χ3n) is 6.86. The van der Waals surface area contributed by atoms with Crippen LogP contribution in [0.25, 0.3) is 39.3 Å². The first-order valence-corrected chi connectivity index (χ1v) is 10.9. The summed E-state index contributed by atoms with van der Waals surface area (Å²) >= 11 is 0. The van der Waals surface area contributed by atoms with Crippen LogP contribution < -0.4 is 5.32 Å². The molecule has 0 aromatic carbocycles. The molecule has 2 bridgehead atoms. The Balaban J connectivity index is 1.36. The second-order valence-corrected chi connectivity index (χ2v) is 8.71. The lowest BCUT2D eigenvalue weighted by Crippen LogP contribution is -2.37. The molecule has 31 heavy (non-hydrogen) atoms. The van der Waals surface area contributed by atoms with Crippen molar-refractivity contribution in [2.45, 2.75) is 43.7 Å². The molecule has 7 heterocycles.